The number of carbonyl (C=O) groups is 1. The number of hydrogen-bond acceptors (Lipinski definition) is 7. The van der Waals surface area contributed by atoms with Gasteiger partial charge in [-0.1, -0.05) is 18.2 Å². The minimum absolute atomic E-state index is 0.129. The van der Waals surface area contributed by atoms with Gasteiger partial charge in [0.1, 0.15) is 0 Å². The zero-order valence-corrected chi connectivity index (χ0v) is 19.4. The first-order valence-electron chi connectivity index (χ1n) is 11.0. The van der Waals surface area contributed by atoms with Gasteiger partial charge < -0.3 is 14.2 Å². The molecule has 12 heteroatoms. The van der Waals surface area contributed by atoms with Crippen molar-refractivity contribution in [2.24, 2.45) is 0 Å². The summed E-state index contributed by atoms with van der Waals surface area (Å²) in [5.41, 5.74) is 0.551. The van der Waals surface area contributed by atoms with Crippen LogP contribution in [0.25, 0.3) is 11.5 Å². The second-order valence-electron chi connectivity index (χ2n) is 7.51. The van der Waals surface area contributed by atoms with Crippen LogP contribution in [0.1, 0.15) is 25.0 Å². The maximum absolute atomic E-state index is 12.8. The van der Waals surface area contributed by atoms with Crippen molar-refractivity contribution in [3.63, 3.8) is 0 Å². The van der Waals surface area contributed by atoms with Gasteiger partial charge >= 0.3 is 12.1 Å². The highest BCUT2D eigenvalue weighted by Gasteiger charge is 2.30. The third kappa shape index (κ3) is 5.82. The maximum Gasteiger partial charge on any atom is 0.417 e. The molecule has 0 aliphatic carbocycles. The molecule has 0 atom stereocenters. The summed E-state index contributed by atoms with van der Waals surface area (Å²) >= 11 is 0. The van der Waals surface area contributed by atoms with E-state index >= 15 is 0 Å². The Morgan fingerprint density at radius 2 is 1.72 bits per heavy atom. The number of pyridine rings is 1. The molecule has 0 bridgehead atoms. The molecule has 0 unspecified atom stereocenters. The Labute approximate surface area is 204 Å². The van der Waals surface area contributed by atoms with E-state index in [0.717, 1.165) is 18.0 Å². The van der Waals surface area contributed by atoms with Gasteiger partial charge in [0.05, 0.1) is 30.7 Å². The van der Waals surface area contributed by atoms with Crippen molar-refractivity contribution in [1.29, 1.82) is 0 Å². The number of esters is 1. The second kappa shape index (κ2) is 10.5. The van der Waals surface area contributed by atoms with Gasteiger partial charge in [0.15, 0.2) is 5.82 Å². The Hall–Kier alpha value is -4.35. The molecule has 0 saturated carbocycles. The molecule has 4 aromatic rings. The molecule has 3 aromatic heterocycles. The number of hydrogen-bond donors (Lipinski definition) is 0. The number of carbonyl (C=O) groups excluding carboxylic acids is 1. The maximum atomic E-state index is 12.8. The fourth-order valence-corrected chi connectivity index (χ4v) is 3.27. The Kier molecular flexibility index (Phi) is 7.23. The van der Waals surface area contributed by atoms with Crippen molar-refractivity contribution < 1.29 is 32.2 Å². The van der Waals surface area contributed by atoms with Crippen LogP contribution >= 0.6 is 0 Å². The minimum atomic E-state index is -4.48. The van der Waals surface area contributed by atoms with Crippen LogP contribution in [-0.4, -0.2) is 43.7 Å². The third-order valence-electron chi connectivity index (χ3n) is 4.88. The molecule has 0 radical (unpaired) electrons. The standard InChI is InChI=1S/C24H22F3N5O4/c1-3-34-22-17(14-32(29-22)21-10-9-18(13-28-21)24(25,26)27)11-12-35-23-20(36-16(2)33)15-31(30-23)19-7-5-4-6-8-19/h4-10,13-15H,3,11-12H2,1-2H3. The number of aromatic nitrogens is 5. The SMILES string of the molecule is CCOc1nn(-c2ccc(C(F)(F)F)cn2)cc1CCOc1nn(-c2ccccc2)cc1OC(C)=O. The van der Waals surface area contributed by atoms with Crippen LogP contribution in [-0.2, 0) is 17.4 Å². The molecule has 1 aromatic carbocycles. The van der Waals surface area contributed by atoms with E-state index in [2.05, 4.69) is 15.2 Å². The molecule has 0 aliphatic heterocycles. The van der Waals surface area contributed by atoms with Crippen LogP contribution < -0.4 is 14.2 Å². The highest BCUT2D eigenvalue weighted by molar-refractivity contribution is 5.70. The summed E-state index contributed by atoms with van der Waals surface area (Å²) in [5.74, 6) is 0.286. The molecular formula is C24H22F3N5O4. The monoisotopic (exact) mass is 501 g/mol. The van der Waals surface area contributed by atoms with E-state index in [4.69, 9.17) is 14.2 Å². The van der Waals surface area contributed by atoms with Crippen LogP contribution in [0.15, 0.2) is 61.1 Å². The molecule has 0 aliphatic rings. The summed E-state index contributed by atoms with van der Waals surface area (Å²) < 4.78 is 58.0. The summed E-state index contributed by atoms with van der Waals surface area (Å²) in [6, 6.07) is 11.4. The second-order valence-corrected chi connectivity index (χ2v) is 7.51. The molecule has 0 N–H and O–H groups in total. The Bertz CT molecular complexity index is 1320. The molecular weight excluding hydrogens is 479 g/mol. The van der Waals surface area contributed by atoms with Crippen LogP contribution in [0.5, 0.6) is 17.5 Å². The Morgan fingerprint density at radius 1 is 0.972 bits per heavy atom. The van der Waals surface area contributed by atoms with Crippen LogP contribution in [0.4, 0.5) is 13.2 Å². The lowest BCUT2D eigenvalue weighted by atomic mass is 10.2. The van der Waals surface area contributed by atoms with Crippen molar-refractivity contribution in [3.8, 4) is 29.0 Å². The van der Waals surface area contributed by atoms with E-state index in [1.54, 1.807) is 19.3 Å². The molecule has 0 spiro atoms. The first-order chi connectivity index (χ1) is 17.2. The van der Waals surface area contributed by atoms with E-state index in [9.17, 15) is 18.0 Å². The molecule has 188 valence electrons. The zero-order valence-electron chi connectivity index (χ0n) is 19.4. The number of ether oxygens (including phenoxy) is 3. The normalized spacial score (nSPS) is 11.4. The van der Waals surface area contributed by atoms with Gasteiger partial charge in [-0.25, -0.2) is 14.3 Å². The molecule has 3 heterocycles. The van der Waals surface area contributed by atoms with Gasteiger partial charge in [-0.15, -0.1) is 10.2 Å². The van der Waals surface area contributed by atoms with Crippen molar-refractivity contribution in [2.45, 2.75) is 26.4 Å². The summed E-state index contributed by atoms with van der Waals surface area (Å²) in [6.07, 6.45) is -0.244. The lowest BCUT2D eigenvalue weighted by Gasteiger charge is -2.06. The minimum Gasteiger partial charge on any atom is -0.477 e. The van der Waals surface area contributed by atoms with Gasteiger partial charge in [-0.05, 0) is 31.2 Å². The summed E-state index contributed by atoms with van der Waals surface area (Å²) in [7, 11) is 0. The first-order valence-corrected chi connectivity index (χ1v) is 11.0. The average Bonchev–Trinajstić information content (AvgIpc) is 3.43. The summed E-state index contributed by atoms with van der Waals surface area (Å²) in [6.45, 7) is 3.54. The van der Waals surface area contributed by atoms with Crippen molar-refractivity contribution in [1.82, 2.24) is 24.5 Å². The fraction of sp³-hybridized carbons (Fsp3) is 0.250. The molecule has 36 heavy (non-hydrogen) atoms. The van der Waals surface area contributed by atoms with E-state index in [0.29, 0.717) is 24.5 Å². The van der Waals surface area contributed by atoms with Crippen LogP contribution in [0, 0.1) is 0 Å². The van der Waals surface area contributed by atoms with E-state index < -0.39 is 17.7 Å². The number of para-hydroxylation sites is 1. The zero-order chi connectivity index (χ0) is 25.7. The van der Waals surface area contributed by atoms with Crippen molar-refractivity contribution in [3.05, 3.63) is 72.2 Å². The molecule has 0 fully saturated rings. The highest BCUT2D eigenvalue weighted by Crippen LogP contribution is 2.30. The smallest absolute Gasteiger partial charge is 0.417 e. The average molecular weight is 501 g/mol. The van der Waals surface area contributed by atoms with E-state index in [1.807, 2.05) is 30.3 Å². The number of alkyl halides is 3. The van der Waals surface area contributed by atoms with Crippen molar-refractivity contribution >= 4 is 5.97 Å². The van der Waals surface area contributed by atoms with Gasteiger partial charge in [0.2, 0.25) is 11.6 Å². The Morgan fingerprint density at radius 3 is 2.36 bits per heavy atom. The summed E-state index contributed by atoms with van der Waals surface area (Å²) in [4.78, 5) is 15.4. The lowest BCUT2D eigenvalue weighted by Crippen LogP contribution is -2.07. The number of rotatable bonds is 9. The van der Waals surface area contributed by atoms with Crippen LogP contribution in [0.3, 0.4) is 0 Å². The number of halogens is 3. The van der Waals surface area contributed by atoms with Crippen molar-refractivity contribution in [2.75, 3.05) is 13.2 Å². The molecule has 4 rings (SSSR count). The van der Waals surface area contributed by atoms with Gasteiger partial charge in [0, 0.05) is 31.3 Å². The molecule has 9 nitrogen and oxygen atoms in total. The third-order valence-corrected chi connectivity index (χ3v) is 4.88. The van der Waals surface area contributed by atoms with Crippen LogP contribution in [0.2, 0.25) is 0 Å². The lowest BCUT2D eigenvalue weighted by molar-refractivity contribution is -0.138. The number of nitrogens with zero attached hydrogens (tertiary/aromatic N) is 5. The van der Waals surface area contributed by atoms with Gasteiger partial charge in [-0.2, -0.15) is 13.2 Å². The summed E-state index contributed by atoms with van der Waals surface area (Å²) in [5, 5.41) is 8.66. The van der Waals surface area contributed by atoms with Gasteiger partial charge in [-0.3, -0.25) is 4.79 Å². The topological polar surface area (TPSA) is 93.3 Å². The largest absolute Gasteiger partial charge is 0.477 e. The van der Waals surface area contributed by atoms with Gasteiger partial charge in [0.25, 0.3) is 5.88 Å². The fourth-order valence-electron chi connectivity index (χ4n) is 3.27. The Balaban J connectivity index is 1.51. The highest BCUT2D eigenvalue weighted by atomic mass is 19.4. The molecule has 0 amide bonds. The predicted octanol–water partition coefficient (Wildman–Crippen LogP) is 4.42. The van der Waals surface area contributed by atoms with E-state index in [1.165, 1.54) is 22.4 Å². The predicted molar refractivity (Wildman–Crippen MR) is 122 cm³/mol. The van der Waals surface area contributed by atoms with E-state index in [-0.39, 0.29) is 24.1 Å². The quantitative estimate of drug-likeness (QED) is 0.314. The molecule has 0 saturated heterocycles. The number of benzene rings is 1. The first kappa shape index (κ1) is 24.8.